The predicted octanol–water partition coefficient (Wildman–Crippen LogP) is 5.71. The monoisotopic (exact) mass is 494 g/mol. The zero-order chi connectivity index (χ0) is 25.9. The number of carbonyl (C=O) groups is 2. The highest BCUT2D eigenvalue weighted by Gasteiger charge is 2.30. The van der Waals surface area contributed by atoms with Crippen molar-refractivity contribution >= 4 is 11.8 Å². The molecule has 0 spiro atoms. The number of hydrogen-bond acceptors (Lipinski definition) is 2. The molecular formula is C32H31FN2O2. The number of carbonyl (C=O) groups excluding carboxylic acids is 2. The van der Waals surface area contributed by atoms with Crippen LogP contribution in [0.25, 0.3) is 0 Å². The molecule has 0 aliphatic rings. The Bertz CT molecular complexity index is 1260. The van der Waals surface area contributed by atoms with E-state index in [-0.39, 0.29) is 30.6 Å². The minimum Gasteiger partial charge on any atom is -0.350 e. The van der Waals surface area contributed by atoms with Crippen LogP contribution in [0.2, 0.25) is 0 Å². The summed E-state index contributed by atoms with van der Waals surface area (Å²) in [6, 6.07) is 34.6. The molecule has 0 fully saturated rings. The van der Waals surface area contributed by atoms with Gasteiger partial charge in [0.1, 0.15) is 11.9 Å². The molecule has 0 radical (unpaired) electrons. The average Bonchev–Trinajstić information content (AvgIpc) is 2.95. The van der Waals surface area contributed by atoms with E-state index in [9.17, 15) is 14.0 Å². The van der Waals surface area contributed by atoms with Gasteiger partial charge >= 0.3 is 0 Å². The maximum absolute atomic E-state index is 13.7. The number of rotatable bonds is 11. The van der Waals surface area contributed by atoms with Gasteiger partial charge in [-0.25, -0.2) is 4.39 Å². The van der Waals surface area contributed by atoms with Crippen LogP contribution >= 0.6 is 0 Å². The fourth-order valence-electron chi connectivity index (χ4n) is 4.28. The SMILES string of the molecule is O=C(NCc1ccccc1)C(Cc1ccccc1)N(Cc1ccc(F)cc1)C(=O)CCc1ccccc1. The number of halogens is 1. The lowest BCUT2D eigenvalue weighted by Crippen LogP contribution is -2.50. The fraction of sp³-hybridized carbons (Fsp3) is 0.188. The maximum atomic E-state index is 13.7. The smallest absolute Gasteiger partial charge is 0.243 e. The second-order valence-corrected chi connectivity index (χ2v) is 9.04. The first-order valence-corrected chi connectivity index (χ1v) is 12.5. The van der Waals surface area contributed by atoms with Gasteiger partial charge in [-0.3, -0.25) is 9.59 Å². The molecule has 0 aliphatic carbocycles. The molecule has 2 amide bonds. The molecule has 4 nitrogen and oxygen atoms in total. The van der Waals surface area contributed by atoms with Gasteiger partial charge < -0.3 is 10.2 Å². The van der Waals surface area contributed by atoms with Crippen molar-refractivity contribution < 1.29 is 14.0 Å². The van der Waals surface area contributed by atoms with Gasteiger partial charge in [-0.1, -0.05) is 103 Å². The third-order valence-corrected chi connectivity index (χ3v) is 6.32. The van der Waals surface area contributed by atoms with Gasteiger partial charge in [0.25, 0.3) is 0 Å². The van der Waals surface area contributed by atoms with Crippen molar-refractivity contribution in [1.82, 2.24) is 10.2 Å². The molecule has 1 N–H and O–H groups in total. The minimum absolute atomic E-state index is 0.121. The molecule has 0 heterocycles. The number of nitrogens with one attached hydrogen (secondary N) is 1. The largest absolute Gasteiger partial charge is 0.350 e. The van der Waals surface area contributed by atoms with E-state index in [2.05, 4.69) is 5.32 Å². The molecule has 4 aromatic rings. The van der Waals surface area contributed by atoms with Crippen molar-refractivity contribution in [2.75, 3.05) is 0 Å². The Morgan fingerprint density at radius 3 is 1.81 bits per heavy atom. The molecule has 188 valence electrons. The van der Waals surface area contributed by atoms with Crippen molar-refractivity contribution in [1.29, 1.82) is 0 Å². The van der Waals surface area contributed by atoms with Crippen LogP contribution in [0.4, 0.5) is 4.39 Å². The molecule has 5 heteroatoms. The first-order chi connectivity index (χ1) is 18.1. The maximum Gasteiger partial charge on any atom is 0.243 e. The van der Waals surface area contributed by atoms with Crippen LogP contribution in [-0.4, -0.2) is 22.8 Å². The predicted molar refractivity (Wildman–Crippen MR) is 144 cm³/mol. The minimum atomic E-state index is -0.723. The van der Waals surface area contributed by atoms with Crippen LogP contribution in [0.5, 0.6) is 0 Å². The van der Waals surface area contributed by atoms with E-state index in [0.717, 1.165) is 22.3 Å². The first-order valence-electron chi connectivity index (χ1n) is 12.5. The normalized spacial score (nSPS) is 11.5. The summed E-state index contributed by atoms with van der Waals surface area (Å²) in [5.74, 6) is -0.681. The summed E-state index contributed by atoms with van der Waals surface area (Å²) in [4.78, 5) is 28.9. The van der Waals surface area contributed by atoms with Gasteiger partial charge in [0.05, 0.1) is 0 Å². The summed E-state index contributed by atoms with van der Waals surface area (Å²) < 4.78 is 13.6. The molecule has 0 saturated heterocycles. The Morgan fingerprint density at radius 2 is 1.22 bits per heavy atom. The quantitative estimate of drug-likeness (QED) is 0.290. The average molecular weight is 495 g/mol. The van der Waals surface area contributed by atoms with E-state index in [1.54, 1.807) is 17.0 Å². The Kier molecular flexibility index (Phi) is 9.19. The highest BCUT2D eigenvalue weighted by Crippen LogP contribution is 2.17. The molecule has 0 bridgehead atoms. The summed E-state index contributed by atoms with van der Waals surface area (Å²) in [7, 11) is 0. The van der Waals surface area contributed by atoms with Crippen LogP contribution in [-0.2, 0) is 35.5 Å². The van der Waals surface area contributed by atoms with Gasteiger partial charge in [-0.2, -0.15) is 0 Å². The first kappa shape index (κ1) is 25.8. The summed E-state index contributed by atoms with van der Waals surface area (Å²) in [6.07, 6.45) is 1.21. The van der Waals surface area contributed by atoms with E-state index in [4.69, 9.17) is 0 Å². The molecule has 0 saturated carbocycles. The van der Waals surface area contributed by atoms with E-state index < -0.39 is 6.04 Å². The summed E-state index contributed by atoms with van der Waals surface area (Å²) in [5.41, 5.74) is 3.77. The molecule has 37 heavy (non-hydrogen) atoms. The van der Waals surface area contributed by atoms with Gasteiger partial charge in [0.15, 0.2) is 0 Å². The molecular weight excluding hydrogens is 463 g/mol. The summed E-state index contributed by atoms with van der Waals surface area (Å²) >= 11 is 0. The van der Waals surface area contributed by atoms with Crippen LogP contribution in [0.3, 0.4) is 0 Å². The van der Waals surface area contributed by atoms with Gasteiger partial charge in [0, 0.05) is 25.9 Å². The third kappa shape index (κ3) is 7.87. The lowest BCUT2D eigenvalue weighted by molar-refractivity contribution is -0.141. The van der Waals surface area contributed by atoms with E-state index >= 15 is 0 Å². The fourth-order valence-corrected chi connectivity index (χ4v) is 4.28. The number of hydrogen-bond donors (Lipinski definition) is 1. The van der Waals surface area contributed by atoms with Crippen LogP contribution in [0.1, 0.15) is 28.7 Å². The Morgan fingerprint density at radius 1 is 0.676 bits per heavy atom. The highest BCUT2D eigenvalue weighted by atomic mass is 19.1. The molecule has 4 aromatic carbocycles. The molecule has 0 aromatic heterocycles. The molecule has 1 atom stereocenters. The van der Waals surface area contributed by atoms with Gasteiger partial charge in [-0.05, 0) is 40.8 Å². The topological polar surface area (TPSA) is 49.4 Å². The molecule has 1 unspecified atom stereocenters. The number of benzene rings is 4. The summed E-state index contributed by atoms with van der Waals surface area (Å²) in [5, 5.41) is 3.03. The van der Waals surface area contributed by atoms with Crippen molar-refractivity contribution in [3.05, 3.63) is 143 Å². The zero-order valence-corrected chi connectivity index (χ0v) is 20.7. The van der Waals surface area contributed by atoms with Crippen molar-refractivity contribution in [3.8, 4) is 0 Å². The lowest BCUT2D eigenvalue weighted by Gasteiger charge is -2.31. The van der Waals surface area contributed by atoms with Crippen molar-refractivity contribution in [3.63, 3.8) is 0 Å². The van der Waals surface area contributed by atoms with E-state index in [0.29, 0.717) is 19.4 Å². The molecule has 0 aliphatic heterocycles. The second-order valence-electron chi connectivity index (χ2n) is 9.04. The second kappa shape index (κ2) is 13.2. The Hall–Kier alpha value is -4.25. The molecule has 4 rings (SSSR count). The van der Waals surface area contributed by atoms with Crippen LogP contribution in [0.15, 0.2) is 115 Å². The summed E-state index contributed by atoms with van der Waals surface area (Å²) in [6.45, 7) is 0.581. The highest BCUT2D eigenvalue weighted by molar-refractivity contribution is 5.88. The Labute approximate surface area is 217 Å². The van der Waals surface area contributed by atoms with E-state index in [1.165, 1.54) is 12.1 Å². The van der Waals surface area contributed by atoms with E-state index in [1.807, 2.05) is 91.0 Å². The van der Waals surface area contributed by atoms with Gasteiger partial charge in [-0.15, -0.1) is 0 Å². The van der Waals surface area contributed by atoms with Crippen molar-refractivity contribution in [2.24, 2.45) is 0 Å². The lowest BCUT2D eigenvalue weighted by atomic mass is 10.0. The van der Waals surface area contributed by atoms with Crippen molar-refractivity contribution in [2.45, 2.75) is 38.4 Å². The third-order valence-electron chi connectivity index (χ3n) is 6.32. The Balaban J connectivity index is 1.60. The number of aryl methyl sites for hydroxylation is 1. The zero-order valence-electron chi connectivity index (χ0n) is 20.7. The number of amides is 2. The standard InChI is InChI=1S/C32H31FN2O2/c33-29-19-16-28(17-20-29)24-35(31(36)21-18-25-10-4-1-5-11-25)30(22-26-12-6-2-7-13-26)32(37)34-23-27-14-8-3-9-15-27/h1-17,19-20,30H,18,21-24H2,(H,34,37). The number of nitrogens with zero attached hydrogens (tertiary/aromatic N) is 1. The van der Waals surface area contributed by atoms with Crippen LogP contribution < -0.4 is 5.32 Å². The van der Waals surface area contributed by atoms with Gasteiger partial charge in [0.2, 0.25) is 11.8 Å². The van der Waals surface area contributed by atoms with Crippen LogP contribution in [0, 0.1) is 5.82 Å².